The molecule has 0 radical (unpaired) electrons. The Labute approximate surface area is 136 Å². The van der Waals surface area contributed by atoms with Crippen LogP contribution in [0.3, 0.4) is 0 Å². The van der Waals surface area contributed by atoms with Crippen molar-refractivity contribution in [2.75, 3.05) is 12.4 Å². The van der Waals surface area contributed by atoms with E-state index in [0.29, 0.717) is 22.4 Å². The van der Waals surface area contributed by atoms with Crippen LogP contribution in [0.25, 0.3) is 11.0 Å². The molecule has 1 amide bonds. The lowest BCUT2D eigenvalue weighted by Crippen LogP contribution is -2.21. The Hall–Kier alpha value is -3.48. The van der Waals surface area contributed by atoms with Crippen LogP contribution in [0, 0.1) is 0 Å². The minimum absolute atomic E-state index is 0.00516. The zero-order valence-electron chi connectivity index (χ0n) is 12.7. The van der Waals surface area contributed by atoms with Crippen LogP contribution in [0.4, 0.5) is 5.69 Å². The van der Waals surface area contributed by atoms with Crippen LogP contribution in [0.2, 0.25) is 0 Å². The first-order valence-corrected chi connectivity index (χ1v) is 7.01. The smallest absolute Gasteiger partial charge is 0.268 e. The molecule has 7 heteroatoms. The number of ether oxygens (including phenoxy) is 1. The topological polar surface area (TPSA) is 104 Å². The van der Waals surface area contributed by atoms with Crippen molar-refractivity contribution in [3.63, 3.8) is 0 Å². The fourth-order valence-corrected chi connectivity index (χ4v) is 2.22. The molecule has 0 aliphatic heterocycles. The van der Waals surface area contributed by atoms with Crippen LogP contribution in [0.15, 0.2) is 58.1 Å². The molecular formula is C17H14N2O5. The lowest BCUT2D eigenvalue weighted by Gasteiger charge is -2.07. The molecule has 0 atom stereocenters. The average Bonchev–Trinajstić information content (AvgIpc) is 2.61. The molecule has 3 aromatic rings. The number of phenolic OH excluding ortho intramolecular Hbond substituents is 1. The first-order chi connectivity index (χ1) is 11.6. The highest BCUT2D eigenvalue weighted by Crippen LogP contribution is 2.20. The molecule has 0 saturated heterocycles. The van der Waals surface area contributed by atoms with E-state index in [0.717, 1.165) is 0 Å². The Morgan fingerprint density at radius 3 is 2.58 bits per heavy atom. The van der Waals surface area contributed by atoms with Crippen LogP contribution in [0.1, 0.15) is 10.4 Å². The van der Waals surface area contributed by atoms with Gasteiger partial charge in [-0.15, -0.1) is 0 Å². The second-order valence-electron chi connectivity index (χ2n) is 4.97. The van der Waals surface area contributed by atoms with E-state index in [2.05, 4.69) is 10.5 Å². The zero-order chi connectivity index (χ0) is 17.1. The summed E-state index contributed by atoms with van der Waals surface area (Å²) < 4.78 is 10.4. The number of aromatic hydroxyl groups is 1. The van der Waals surface area contributed by atoms with Crippen molar-refractivity contribution in [2.45, 2.75) is 0 Å². The summed E-state index contributed by atoms with van der Waals surface area (Å²) in [5.74, 6) is 0.178. The standard InChI is InChI=1S/C17H14N2O5/c1-23-13-6-3-11(4-7-13)18-16(21)14-8-10-2-5-12(20)9-15(10)24-17(14)19-22/h2-9,20,22H,1H3,(H,18,21)/b19-17-. The number of hydrogen-bond acceptors (Lipinski definition) is 6. The predicted octanol–water partition coefficient (Wildman–Crippen LogP) is 2.69. The van der Waals surface area contributed by atoms with Gasteiger partial charge in [0.25, 0.3) is 11.5 Å². The lowest BCUT2D eigenvalue weighted by atomic mass is 10.1. The summed E-state index contributed by atoms with van der Waals surface area (Å²) in [5.41, 5.74) is 0.657. The van der Waals surface area contributed by atoms with E-state index in [1.54, 1.807) is 37.4 Å². The molecule has 3 rings (SSSR count). The summed E-state index contributed by atoms with van der Waals surface area (Å²) in [7, 11) is 1.55. The minimum atomic E-state index is -0.494. The van der Waals surface area contributed by atoms with Crippen molar-refractivity contribution in [3.8, 4) is 11.5 Å². The molecule has 0 fully saturated rings. The summed E-state index contributed by atoms with van der Waals surface area (Å²) in [6.07, 6.45) is 0. The number of methoxy groups -OCH3 is 1. The van der Waals surface area contributed by atoms with Gasteiger partial charge in [0.2, 0.25) is 0 Å². The maximum Gasteiger partial charge on any atom is 0.268 e. The van der Waals surface area contributed by atoms with E-state index in [1.165, 1.54) is 18.2 Å². The normalized spacial score (nSPS) is 11.5. The van der Waals surface area contributed by atoms with Gasteiger partial charge in [0.1, 0.15) is 22.6 Å². The maximum atomic E-state index is 12.4. The number of fused-ring (bicyclic) bond motifs is 1. The molecule has 122 valence electrons. The fraction of sp³-hybridized carbons (Fsp3) is 0.0588. The van der Waals surface area contributed by atoms with Crippen LogP contribution < -0.4 is 15.6 Å². The molecule has 0 saturated carbocycles. The monoisotopic (exact) mass is 326 g/mol. The Kier molecular flexibility index (Phi) is 4.07. The first-order valence-electron chi connectivity index (χ1n) is 7.01. The van der Waals surface area contributed by atoms with Gasteiger partial charge in [-0.1, -0.05) is 0 Å². The minimum Gasteiger partial charge on any atom is -0.508 e. The van der Waals surface area contributed by atoms with Gasteiger partial charge < -0.3 is 24.8 Å². The summed E-state index contributed by atoms with van der Waals surface area (Å²) in [6.45, 7) is 0. The van der Waals surface area contributed by atoms with E-state index >= 15 is 0 Å². The maximum absolute atomic E-state index is 12.4. The predicted molar refractivity (Wildman–Crippen MR) is 86.2 cm³/mol. The number of carbonyl (C=O) groups is 1. The molecule has 0 bridgehead atoms. The van der Waals surface area contributed by atoms with E-state index in [4.69, 9.17) is 14.4 Å². The van der Waals surface area contributed by atoms with E-state index < -0.39 is 5.91 Å². The molecule has 7 nitrogen and oxygen atoms in total. The van der Waals surface area contributed by atoms with Gasteiger partial charge in [0.05, 0.1) is 7.11 Å². The third-order valence-corrected chi connectivity index (χ3v) is 3.42. The summed E-state index contributed by atoms with van der Waals surface area (Å²) in [6, 6.07) is 12.7. The van der Waals surface area contributed by atoms with Gasteiger partial charge in [-0.3, -0.25) is 4.79 Å². The zero-order valence-corrected chi connectivity index (χ0v) is 12.7. The van der Waals surface area contributed by atoms with Crippen molar-refractivity contribution in [2.24, 2.45) is 5.16 Å². The molecule has 0 aliphatic rings. The van der Waals surface area contributed by atoms with Gasteiger partial charge in [-0.05, 0) is 47.6 Å². The van der Waals surface area contributed by atoms with Gasteiger partial charge in [-0.2, -0.15) is 0 Å². The Morgan fingerprint density at radius 1 is 1.17 bits per heavy atom. The van der Waals surface area contributed by atoms with Crippen LogP contribution in [-0.4, -0.2) is 23.3 Å². The van der Waals surface area contributed by atoms with E-state index in [9.17, 15) is 9.90 Å². The highest BCUT2D eigenvalue weighted by molar-refractivity contribution is 6.05. The molecule has 0 spiro atoms. The second kappa shape index (κ2) is 6.33. The quantitative estimate of drug-likeness (QED) is 0.507. The second-order valence-corrected chi connectivity index (χ2v) is 4.97. The van der Waals surface area contributed by atoms with Crippen molar-refractivity contribution in [1.29, 1.82) is 0 Å². The van der Waals surface area contributed by atoms with Gasteiger partial charge in [-0.25, -0.2) is 0 Å². The van der Waals surface area contributed by atoms with Gasteiger partial charge >= 0.3 is 0 Å². The molecule has 2 aromatic carbocycles. The number of phenols is 1. The van der Waals surface area contributed by atoms with E-state index in [1.807, 2.05) is 0 Å². The number of amides is 1. The van der Waals surface area contributed by atoms with Crippen LogP contribution >= 0.6 is 0 Å². The van der Waals surface area contributed by atoms with Crippen LogP contribution in [-0.2, 0) is 0 Å². The van der Waals surface area contributed by atoms with Gasteiger partial charge in [0.15, 0.2) is 0 Å². The number of carbonyl (C=O) groups excluding carboxylic acids is 1. The number of rotatable bonds is 3. The highest BCUT2D eigenvalue weighted by Gasteiger charge is 2.13. The number of benzene rings is 2. The third-order valence-electron chi connectivity index (χ3n) is 3.42. The number of nitrogens with zero attached hydrogens (tertiary/aromatic N) is 1. The Balaban J connectivity index is 1.97. The largest absolute Gasteiger partial charge is 0.508 e. The molecular weight excluding hydrogens is 312 g/mol. The third kappa shape index (κ3) is 3.00. The van der Waals surface area contributed by atoms with Crippen molar-refractivity contribution in [3.05, 3.63) is 59.6 Å². The summed E-state index contributed by atoms with van der Waals surface area (Å²) >= 11 is 0. The molecule has 24 heavy (non-hydrogen) atoms. The van der Waals surface area contributed by atoms with Crippen molar-refractivity contribution < 1.29 is 24.3 Å². The summed E-state index contributed by atoms with van der Waals surface area (Å²) in [4.78, 5) is 12.4. The van der Waals surface area contributed by atoms with Crippen molar-refractivity contribution >= 4 is 22.6 Å². The molecule has 0 aliphatic carbocycles. The first kappa shape index (κ1) is 15.4. The van der Waals surface area contributed by atoms with E-state index in [-0.39, 0.29) is 16.9 Å². The van der Waals surface area contributed by atoms with Gasteiger partial charge in [0, 0.05) is 17.1 Å². The van der Waals surface area contributed by atoms with Crippen LogP contribution in [0.5, 0.6) is 11.5 Å². The molecule has 3 N–H and O–H groups in total. The number of hydrogen-bond donors (Lipinski definition) is 3. The summed E-state index contributed by atoms with van der Waals surface area (Å²) in [5, 5.41) is 24.8. The number of nitrogens with one attached hydrogen (secondary N) is 1. The Bertz CT molecular complexity index is 961. The molecule has 1 aromatic heterocycles. The fourth-order valence-electron chi connectivity index (χ4n) is 2.22. The highest BCUT2D eigenvalue weighted by atomic mass is 16.5. The lowest BCUT2D eigenvalue weighted by molar-refractivity contribution is 0.102. The molecule has 1 heterocycles. The Morgan fingerprint density at radius 2 is 1.92 bits per heavy atom. The van der Waals surface area contributed by atoms with Crippen molar-refractivity contribution in [1.82, 2.24) is 0 Å². The number of anilines is 1. The molecule has 0 unspecified atom stereocenters. The SMILES string of the molecule is COc1ccc(NC(=O)c2cc3ccc(O)cc3o/c2=N\O)cc1. The average molecular weight is 326 g/mol.